The van der Waals surface area contributed by atoms with Gasteiger partial charge in [-0.05, 0) is 66.8 Å². The lowest BCUT2D eigenvalue weighted by atomic mass is 9.96. The van der Waals surface area contributed by atoms with E-state index >= 15 is 0 Å². The van der Waals surface area contributed by atoms with Gasteiger partial charge in [-0.25, -0.2) is 25.3 Å². The molecule has 198 valence electrons. The predicted octanol–water partition coefficient (Wildman–Crippen LogP) is 4.17. The highest BCUT2D eigenvalue weighted by molar-refractivity contribution is 8.10. The number of allylic oxidation sites excluding steroid dienone is 1. The minimum Gasteiger partial charge on any atom is -0.295 e. The Bertz CT molecular complexity index is 1640. The molecule has 5 rings (SSSR count). The minimum atomic E-state index is -4.64. The summed E-state index contributed by atoms with van der Waals surface area (Å²) in [4.78, 5) is 12.0. The second kappa shape index (κ2) is 9.59. The van der Waals surface area contributed by atoms with Crippen LogP contribution in [0.1, 0.15) is 25.7 Å². The Hall–Kier alpha value is -3.08. The molecule has 0 amide bonds. The lowest BCUT2D eigenvalue weighted by Crippen LogP contribution is -2.49. The van der Waals surface area contributed by atoms with Crippen LogP contribution in [0.5, 0.6) is 0 Å². The molecule has 0 spiro atoms. The Morgan fingerprint density at radius 1 is 0.632 bits per heavy atom. The first-order valence-corrected chi connectivity index (χ1v) is 16.6. The molecule has 0 N–H and O–H groups in total. The van der Waals surface area contributed by atoms with Crippen LogP contribution in [0.4, 0.5) is 0 Å². The molecule has 10 heteroatoms. The maximum Gasteiger partial charge on any atom is 0.198 e. The van der Waals surface area contributed by atoms with Crippen LogP contribution in [-0.2, 0) is 34.3 Å². The van der Waals surface area contributed by atoms with Crippen LogP contribution in [-0.4, -0.2) is 40.4 Å². The SMILES string of the molecule is O=C1C=C2C(S(=O)(=O)c3ccccc3)CC(S(=O)(=O)c3ccccc3)(S(=O)(=O)c3ccccc3)CC[C@H]2C1. The average Bonchev–Trinajstić information content (AvgIpc) is 3.20. The van der Waals surface area contributed by atoms with E-state index in [2.05, 4.69) is 0 Å². The summed E-state index contributed by atoms with van der Waals surface area (Å²) in [6.45, 7) is 0. The van der Waals surface area contributed by atoms with E-state index in [1.165, 1.54) is 66.7 Å². The van der Waals surface area contributed by atoms with Gasteiger partial charge in [-0.2, -0.15) is 0 Å². The number of hydrogen-bond donors (Lipinski definition) is 0. The Balaban J connectivity index is 1.81. The molecule has 38 heavy (non-hydrogen) atoms. The van der Waals surface area contributed by atoms with Gasteiger partial charge in [0, 0.05) is 12.8 Å². The molecular formula is C28H26O7S3. The molecule has 1 fully saturated rings. The second-order valence-electron chi connectivity index (χ2n) is 9.64. The zero-order valence-electron chi connectivity index (χ0n) is 20.3. The van der Waals surface area contributed by atoms with Crippen molar-refractivity contribution in [3.05, 3.63) is 103 Å². The summed E-state index contributed by atoms with van der Waals surface area (Å²) in [6, 6.07) is 22.1. The molecule has 7 nitrogen and oxygen atoms in total. The van der Waals surface area contributed by atoms with E-state index in [1.807, 2.05) is 0 Å². The summed E-state index contributed by atoms with van der Waals surface area (Å²) in [5, 5.41) is -1.51. The summed E-state index contributed by atoms with van der Waals surface area (Å²) in [5.74, 6) is -0.813. The van der Waals surface area contributed by atoms with Gasteiger partial charge in [-0.1, -0.05) is 54.6 Å². The fourth-order valence-electron chi connectivity index (χ4n) is 5.57. The molecular weight excluding hydrogens is 545 g/mol. The van der Waals surface area contributed by atoms with Gasteiger partial charge < -0.3 is 0 Å². The van der Waals surface area contributed by atoms with E-state index in [0.717, 1.165) is 0 Å². The van der Waals surface area contributed by atoms with Gasteiger partial charge in [-0.3, -0.25) is 4.79 Å². The summed E-state index contributed by atoms with van der Waals surface area (Å²) in [7, 11) is -13.5. The molecule has 0 saturated heterocycles. The molecule has 2 aliphatic rings. The van der Waals surface area contributed by atoms with E-state index in [9.17, 15) is 30.0 Å². The van der Waals surface area contributed by atoms with Crippen molar-refractivity contribution in [3.63, 3.8) is 0 Å². The number of carbonyl (C=O) groups is 1. The van der Waals surface area contributed by atoms with Crippen LogP contribution in [0.2, 0.25) is 0 Å². The maximum absolute atomic E-state index is 14.4. The molecule has 2 aliphatic carbocycles. The van der Waals surface area contributed by atoms with Crippen molar-refractivity contribution in [2.75, 3.05) is 0 Å². The van der Waals surface area contributed by atoms with Crippen molar-refractivity contribution < 1.29 is 30.0 Å². The van der Waals surface area contributed by atoms with Crippen molar-refractivity contribution in [3.8, 4) is 0 Å². The third-order valence-corrected chi connectivity index (χ3v) is 15.4. The van der Waals surface area contributed by atoms with Crippen LogP contribution in [0, 0.1) is 5.92 Å². The summed E-state index contributed by atoms with van der Waals surface area (Å²) in [6.07, 6.45) is 0.252. The minimum absolute atomic E-state index is 0.0169. The van der Waals surface area contributed by atoms with Crippen LogP contribution < -0.4 is 0 Å². The van der Waals surface area contributed by atoms with Gasteiger partial charge in [0.1, 0.15) is 0 Å². The second-order valence-corrected chi connectivity index (χ2v) is 16.6. The van der Waals surface area contributed by atoms with Crippen molar-refractivity contribution in [2.24, 2.45) is 5.92 Å². The lowest BCUT2D eigenvalue weighted by molar-refractivity contribution is -0.114. The van der Waals surface area contributed by atoms with Crippen LogP contribution in [0.3, 0.4) is 0 Å². The highest BCUT2D eigenvalue weighted by atomic mass is 32.3. The number of carbonyl (C=O) groups excluding carboxylic acids is 1. The first kappa shape index (κ1) is 26.5. The topological polar surface area (TPSA) is 119 Å². The molecule has 0 radical (unpaired) electrons. The maximum atomic E-state index is 14.4. The lowest BCUT2D eigenvalue weighted by Gasteiger charge is -2.34. The highest BCUT2D eigenvalue weighted by Crippen LogP contribution is 2.51. The van der Waals surface area contributed by atoms with Gasteiger partial charge in [0.15, 0.2) is 39.4 Å². The fraction of sp³-hybridized carbons (Fsp3) is 0.250. The Morgan fingerprint density at radius 2 is 1.08 bits per heavy atom. The summed E-state index contributed by atoms with van der Waals surface area (Å²) in [5.41, 5.74) is 0.284. The molecule has 1 unspecified atom stereocenters. The van der Waals surface area contributed by atoms with Crippen LogP contribution in [0.25, 0.3) is 0 Å². The number of fused-ring (bicyclic) bond motifs is 1. The number of hydrogen-bond acceptors (Lipinski definition) is 7. The zero-order valence-corrected chi connectivity index (χ0v) is 22.8. The van der Waals surface area contributed by atoms with Crippen LogP contribution in [0.15, 0.2) is 117 Å². The quantitative estimate of drug-likeness (QED) is 0.436. The monoisotopic (exact) mass is 570 g/mol. The summed E-state index contributed by atoms with van der Waals surface area (Å²) < 4.78 is 83.3. The average molecular weight is 571 g/mol. The molecule has 3 aromatic carbocycles. The molecule has 0 aromatic heterocycles. The molecule has 0 bridgehead atoms. The summed E-state index contributed by atoms with van der Waals surface area (Å²) >= 11 is 0. The van der Waals surface area contributed by atoms with E-state index in [-0.39, 0.29) is 45.3 Å². The largest absolute Gasteiger partial charge is 0.295 e. The van der Waals surface area contributed by atoms with E-state index in [1.54, 1.807) is 30.3 Å². The molecule has 2 atom stereocenters. The Labute approximate surface area is 223 Å². The molecule has 0 aliphatic heterocycles. The van der Waals surface area contributed by atoms with E-state index < -0.39 is 51.2 Å². The smallest absolute Gasteiger partial charge is 0.198 e. The fourth-order valence-corrected chi connectivity index (χ4v) is 12.9. The van der Waals surface area contributed by atoms with Gasteiger partial charge in [0.05, 0.1) is 19.9 Å². The third kappa shape index (κ3) is 4.15. The number of rotatable bonds is 6. The zero-order chi connectivity index (χ0) is 27.2. The van der Waals surface area contributed by atoms with Gasteiger partial charge >= 0.3 is 0 Å². The van der Waals surface area contributed by atoms with Crippen molar-refractivity contribution in [1.82, 2.24) is 0 Å². The van der Waals surface area contributed by atoms with Gasteiger partial charge in [0.25, 0.3) is 0 Å². The number of sulfone groups is 3. The van der Waals surface area contributed by atoms with Crippen molar-refractivity contribution in [1.29, 1.82) is 0 Å². The Morgan fingerprint density at radius 3 is 1.55 bits per heavy atom. The van der Waals surface area contributed by atoms with Crippen LogP contribution >= 0.6 is 0 Å². The Kier molecular flexibility index (Phi) is 6.69. The van der Waals surface area contributed by atoms with Crippen molar-refractivity contribution >= 4 is 35.3 Å². The highest BCUT2D eigenvalue weighted by Gasteiger charge is 2.61. The van der Waals surface area contributed by atoms with Gasteiger partial charge in [-0.15, -0.1) is 0 Å². The van der Waals surface area contributed by atoms with Crippen molar-refractivity contribution in [2.45, 2.75) is 49.7 Å². The normalized spacial score (nSPS) is 21.8. The van der Waals surface area contributed by atoms with Gasteiger partial charge in [0.2, 0.25) is 0 Å². The van der Waals surface area contributed by atoms with E-state index in [0.29, 0.717) is 0 Å². The first-order chi connectivity index (χ1) is 18.0. The number of ketones is 1. The standard InChI is InChI=1S/C28H26O7S3/c29-22-18-21-16-17-28(37(32,33)24-12-6-2-7-13-24,38(34,35)25-14-8-3-9-15-25)20-27(26(21)19-22)36(30,31)23-10-4-1-5-11-23/h1-15,19,21,27H,16-18,20H2/t21-,27?/m0/s1. The molecule has 1 saturated carbocycles. The van der Waals surface area contributed by atoms with E-state index in [4.69, 9.17) is 0 Å². The molecule has 0 heterocycles. The number of benzene rings is 3. The first-order valence-electron chi connectivity index (χ1n) is 12.1. The predicted molar refractivity (Wildman–Crippen MR) is 142 cm³/mol. The molecule has 3 aromatic rings. The third-order valence-electron chi connectivity index (χ3n) is 7.52.